The van der Waals surface area contributed by atoms with E-state index in [2.05, 4.69) is 0 Å². The maximum atomic E-state index is 13.0. The molecule has 0 amide bonds. The smallest absolute Gasteiger partial charge is 0.142 e. The summed E-state index contributed by atoms with van der Waals surface area (Å²) in [5.41, 5.74) is 0. The molecule has 0 spiro atoms. The molecule has 8 heteroatoms. The summed E-state index contributed by atoms with van der Waals surface area (Å²) in [6, 6.07) is 87.7. The van der Waals surface area contributed by atoms with Gasteiger partial charge in [-0.05, 0) is 36.4 Å². The molecule has 9 rings (SSSR count). The number of hydrogen-bond donors (Lipinski definition) is 0. The second-order valence-electron chi connectivity index (χ2n) is 15.4. The fourth-order valence-corrected chi connectivity index (χ4v) is 14.2. The molecule has 9 aromatic rings. The Bertz CT molecular complexity index is 2490. The van der Waals surface area contributed by atoms with Crippen LogP contribution in [0.4, 0.5) is 0 Å². The van der Waals surface area contributed by atoms with E-state index < -0.39 is 21.4 Å². The highest BCUT2D eigenvalue weighted by atomic mass is 31.2. The molecular weight excluding hydrogens is 906 g/mol. The second-order valence-corrected chi connectivity index (χ2v) is 24.9. The summed E-state index contributed by atoms with van der Waals surface area (Å²) in [7, 11) is -5.55. The maximum absolute atomic E-state index is 13.0. The minimum Gasteiger partial charge on any atom is -0.497 e. The van der Waals surface area contributed by atoms with Crippen LogP contribution < -0.4 is 41.3 Å². The van der Waals surface area contributed by atoms with Crippen LogP contribution in [0.1, 0.15) is 20.8 Å². The van der Waals surface area contributed by atoms with E-state index in [4.69, 9.17) is 9.47 Å². The average molecular weight is 969 g/mol. The van der Waals surface area contributed by atoms with Crippen LogP contribution >= 0.6 is 21.4 Å². The molecule has 0 bridgehead atoms. The molecule has 0 fully saturated rings. The third-order valence-corrected chi connectivity index (χ3v) is 20.5. The first-order valence-corrected chi connectivity index (χ1v) is 28.9. The van der Waals surface area contributed by atoms with E-state index in [1.165, 1.54) is 0 Å². The van der Waals surface area contributed by atoms with Crippen molar-refractivity contribution in [3.05, 3.63) is 273 Å². The third kappa shape index (κ3) is 15.9. The number of methoxy groups -OCH3 is 1. The van der Waals surface area contributed by atoms with Gasteiger partial charge in [0.15, 0.2) is 0 Å². The molecule has 0 saturated heterocycles. The first-order valence-electron chi connectivity index (χ1n) is 23.2. The first-order chi connectivity index (χ1) is 33.7. The van der Waals surface area contributed by atoms with Crippen molar-refractivity contribution in [1.82, 2.24) is 0 Å². The van der Waals surface area contributed by atoms with E-state index in [-0.39, 0.29) is 0 Å². The molecule has 0 aliphatic heterocycles. The molecule has 0 aliphatic rings. The van der Waals surface area contributed by atoms with E-state index in [1.807, 2.05) is 294 Å². The van der Waals surface area contributed by atoms with Gasteiger partial charge in [0, 0.05) is 50.3 Å². The normalized spacial score (nSPS) is 10.7. The van der Waals surface area contributed by atoms with Crippen molar-refractivity contribution < 1.29 is 23.2 Å². The quantitative estimate of drug-likeness (QED) is 0.114. The van der Waals surface area contributed by atoms with Crippen LogP contribution in [-0.2, 0) is 13.7 Å². The Hall–Kier alpha value is -6.73. The molecular formula is C61H63O5P3. The standard InChI is InChI=1S/3C14H15OP.C12H10O.C7H8O/c3*1-2-16(15,13-9-5-3-6-10-13)14-11-7-4-8-12-14;1-3-7-11(8-4-1)13-12-9-5-2-6-10-12;1-8-7-5-3-2-4-6-7/h3*3-12H,2H2,1H3;1-10H;2-6H,1H3. The van der Waals surface area contributed by atoms with Crippen molar-refractivity contribution in [3.63, 3.8) is 0 Å². The van der Waals surface area contributed by atoms with Crippen molar-refractivity contribution in [3.8, 4) is 17.2 Å². The van der Waals surface area contributed by atoms with Crippen LogP contribution in [0.3, 0.4) is 0 Å². The lowest BCUT2D eigenvalue weighted by Gasteiger charge is -2.16. The summed E-state index contributed by atoms with van der Waals surface area (Å²) in [6.45, 7) is 5.96. The molecule has 0 aromatic heterocycles. The van der Waals surface area contributed by atoms with Gasteiger partial charge in [-0.3, -0.25) is 0 Å². The van der Waals surface area contributed by atoms with E-state index in [9.17, 15) is 13.7 Å². The van der Waals surface area contributed by atoms with Gasteiger partial charge in [0.1, 0.15) is 38.7 Å². The molecule has 5 nitrogen and oxygen atoms in total. The topological polar surface area (TPSA) is 69.7 Å². The van der Waals surface area contributed by atoms with Gasteiger partial charge in [0.2, 0.25) is 0 Å². The number of benzene rings is 9. The van der Waals surface area contributed by atoms with Gasteiger partial charge in [-0.2, -0.15) is 0 Å². The second kappa shape index (κ2) is 28.6. The van der Waals surface area contributed by atoms with Crippen LogP contribution in [-0.4, -0.2) is 25.6 Å². The number of ether oxygens (including phenoxy) is 2. The van der Waals surface area contributed by atoms with Gasteiger partial charge >= 0.3 is 0 Å². The minimum atomic E-state index is -2.40. The summed E-state index contributed by atoms with van der Waals surface area (Å²) in [6.07, 6.45) is 2.00. The first kappa shape index (κ1) is 53.2. The highest BCUT2D eigenvalue weighted by Gasteiger charge is 2.26. The highest BCUT2D eigenvalue weighted by molar-refractivity contribution is 7.79. The monoisotopic (exact) mass is 968 g/mol. The summed E-state index contributed by atoms with van der Waals surface area (Å²) >= 11 is 0. The van der Waals surface area contributed by atoms with E-state index in [0.717, 1.165) is 49.1 Å². The van der Waals surface area contributed by atoms with Crippen LogP contribution in [0.5, 0.6) is 17.2 Å². The van der Waals surface area contributed by atoms with Gasteiger partial charge in [-0.25, -0.2) is 0 Å². The Kier molecular flexibility index (Phi) is 22.0. The van der Waals surface area contributed by atoms with Crippen molar-refractivity contribution >= 4 is 53.3 Å². The summed E-state index contributed by atoms with van der Waals surface area (Å²) in [5.74, 6) is 2.65. The Morgan fingerprint density at radius 1 is 0.261 bits per heavy atom. The lowest BCUT2D eigenvalue weighted by Crippen LogP contribution is -2.17. The number of rotatable bonds is 12. The van der Waals surface area contributed by atoms with Crippen LogP contribution in [0, 0.1) is 0 Å². The molecule has 0 atom stereocenters. The van der Waals surface area contributed by atoms with Gasteiger partial charge in [-0.1, -0.05) is 257 Å². The highest BCUT2D eigenvalue weighted by Crippen LogP contribution is 2.44. The third-order valence-electron chi connectivity index (χ3n) is 11.1. The van der Waals surface area contributed by atoms with Crippen molar-refractivity contribution in [2.75, 3.05) is 25.6 Å². The molecule has 0 aliphatic carbocycles. The molecule has 9 aromatic carbocycles. The summed E-state index contributed by atoms with van der Waals surface area (Å²) < 4.78 is 49.4. The van der Waals surface area contributed by atoms with Crippen molar-refractivity contribution in [2.45, 2.75) is 20.8 Å². The van der Waals surface area contributed by atoms with E-state index in [0.29, 0.717) is 18.5 Å². The van der Waals surface area contributed by atoms with Crippen molar-refractivity contribution in [1.29, 1.82) is 0 Å². The van der Waals surface area contributed by atoms with Crippen LogP contribution in [0.25, 0.3) is 0 Å². The zero-order valence-corrected chi connectivity index (χ0v) is 42.7. The van der Waals surface area contributed by atoms with Crippen LogP contribution in [0.2, 0.25) is 0 Å². The lowest BCUT2D eigenvalue weighted by molar-refractivity contribution is 0.415. The van der Waals surface area contributed by atoms with E-state index in [1.54, 1.807) is 7.11 Å². The average Bonchev–Trinajstić information content (AvgIpc) is 3.45. The Morgan fingerprint density at radius 3 is 0.565 bits per heavy atom. The van der Waals surface area contributed by atoms with Gasteiger partial charge in [0.05, 0.1) is 7.11 Å². The molecule has 0 unspecified atom stereocenters. The summed E-state index contributed by atoms with van der Waals surface area (Å²) in [5, 5.41) is 5.69. The van der Waals surface area contributed by atoms with Gasteiger partial charge in [-0.15, -0.1) is 0 Å². The van der Waals surface area contributed by atoms with E-state index >= 15 is 0 Å². The largest absolute Gasteiger partial charge is 0.497 e. The Labute approximate surface area is 411 Å². The van der Waals surface area contributed by atoms with Gasteiger partial charge in [0.25, 0.3) is 0 Å². The molecule has 352 valence electrons. The number of para-hydroxylation sites is 3. The molecule has 0 heterocycles. The summed E-state index contributed by atoms with van der Waals surface area (Å²) in [4.78, 5) is 0. The zero-order chi connectivity index (χ0) is 49.1. The maximum Gasteiger partial charge on any atom is 0.142 e. The fourth-order valence-electron chi connectivity index (χ4n) is 7.23. The lowest BCUT2D eigenvalue weighted by atomic mass is 10.3. The SMILES string of the molecule is CCP(=O)(c1ccccc1)c1ccccc1.CCP(=O)(c1ccccc1)c1ccccc1.CCP(=O)(c1ccccc1)c1ccccc1.COc1ccccc1.c1ccc(Oc2ccccc2)cc1. The van der Waals surface area contributed by atoms with Crippen LogP contribution in [0.15, 0.2) is 273 Å². The predicted octanol–water partition coefficient (Wildman–Crippen LogP) is 14.2. The van der Waals surface area contributed by atoms with Gasteiger partial charge < -0.3 is 23.2 Å². The predicted molar refractivity (Wildman–Crippen MR) is 297 cm³/mol. The molecule has 69 heavy (non-hydrogen) atoms. The van der Waals surface area contributed by atoms with Crippen molar-refractivity contribution in [2.24, 2.45) is 0 Å². The Morgan fingerprint density at radius 2 is 0.420 bits per heavy atom. The fraction of sp³-hybridized carbons (Fsp3) is 0.115. The zero-order valence-electron chi connectivity index (χ0n) is 40.0. The number of hydrogen-bond acceptors (Lipinski definition) is 5. The minimum absolute atomic E-state index is 0.668. The Balaban J connectivity index is 0.000000163. The molecule has 0 N–H and O–H groups in total. The molecule has 0 radical (unpaired) electrons. The molecule has 0 saturated carbocycles.